The van der Waals surface area contributed by atoms with Crippen molar-refractivity contribution in [1.29, 1.82) is 0 Å². The van der Waals surface area contributed by atoms with Crippen molar-refractivity contribution in [2.75, 3.05) is 6.54 Å². The fourth-order valence-corrected chi connectivity index (χ4v) is 2.32. The van der Waals surface area contributed by atoms with Crippen molar-refractivity contribution >= 4 is 5.91 Å². The third-order valence-electron chi connectivity index (χ3n) is 3.16. The van der Waals surface area contributed by atoms with Crippen LogP contribution < -0.4 is 11.1 Å². The Morgan fingerprint density at radius 1 is 1.50 bits per heavy atom. The number of carbonyl (C=O) groups excluding carboxylic acids is 1. The standard InChI is InChI=1S/C11H22N2O/c1-8(2)9(7-11(12)14)10-5-3-4-6-13-10/h8-10,13H,3-7H2,1-2H3,(H2,12,14). The highest BCUT2D eigenvalue weighted by atomic mass is 16.1. The van der Waals surface area contributed by atoms with Gasteiger partial charge in [0, 0.05) is 12.5 Å². The van der Waals surface area contributed by atoms with Crippen LogP contribution in [0.15, 0.2) is 0 Å². The SMILES string of the molecule is CC(C)C(CC(N)=O)C1CCCCN1. The molecule has 0 radical (unpaired) electrons. The Morgan fingerprint density at radius 3 is 2.64 bits per heavy atom. The van der Waals surface area contributed by atoms with Crippen LogP contribution >= 0.6 is 0 Å². The Labute approximate surface area is 86.4 Å². The van der Waals surface area contributed by atoms with Crippen LogP contribution in [0.2, 0.25) is 0 Å². The summed E-state index contributed by atoms with van der Waals surface area (Å²) in [5.74, 6) is 0.766. The second kappa shape index (κ2) is 5.35. The number of rotatable bonds is 4. The number of hydrogen-bond donors (Lipinski definition) is 2. The Morgan fingerprint density at radius 2 is 2.21 bits per heavy atom. The average molecular weight is 198 g/mol. The molecule has 1 rings (SSSR count). The van der Waals surface area contributed by atoms with Crippen molar-refractivity contribution < 1.29 is 4.79 Å². The van der Waals surface area contributed by atoms with Gasteiger partial charge in [-0.05, 0) is 31.2 Å². The number of nitrogens with one attached hydrogen (secondary N) is 1. The van der Waals surface area contributed by atoms with E-state index in [-0.39, 0.29) is 5.91 Å². The van der Waals surface area contributed by atoms with E-state index in [1.54, 1.807) is 0 Å². The summed E-state index contributed by atoms with van der Waals surface area (Å²) < 4.78 is 0. The lowest BCUT2D eigenvalue weighted by Gasteiger charge is -2.33. The molecule has 0 bridgehead atoms. The molecule has 0 aliphatic carbocycles. The third kappa shape index (κ3) is 3.29. The van der Waals surface area contributed by atoms with Crippen LogP contribution in [0, 0.1) is 11.8 Å². The number of piperidine rings is 1. The molecule has 2 unspecified atom stereocenters. The first kappa shape index (κ1) is 11.5. The van der Waals surface area contributed by atoms with E-state index < -0.39 is 0 Å². The van der Waals surface area contributed by atoms with Crippen LogP contribution in [0.5, 0.6) is 0 Å². The minimum atomic E-state index is -0.170. The highest BCUT2D eigenvalue weighted by Gasteiger charge is 2.26. The van der Waals surface area contributed by atoms with Crippen molar-refractivity contribution in [3.05, 3.63) is 0 Å². The van der Waals surface area contributed by atoms with Gasteiger partial charge in [-0.3, -0.25) is 4.79 Å². The second-order valence-electron chi connectivity index (χ2n) is 4.63. The van der Waals surface area contributed by atoms with Gasteiger partial charge in [0.1, 0.15) is 0 Å². The fraction of sp³-hybridized carbons (Fsp3) is 0.909. The molecule has 1 aliphatic heterocycles. The van der Waals surface area contributed by atoms with Crippen LogP contribution in [-0.2, 0) is 4.79 Å². The number of amides is 1. The van der Waals surface area contributed by atoms with Gasteiger partial charge in [0.2, 0.25) is 5.91 Å². The second-order valence-corrected chi connectivity index (χ2v) is 4.63. The fourth-order valence-electron chi connectivity index (χ4n) is 2.32. The Balaban J connectivity index is 2.51. The highest BCUT2D eigenvalue weighted by molar-refractivity contribution is 5.74. The van der Waals surface area contributed by atoms with E-state index in [0.29, 0.717) is 24.3 Å². The predicted molar refractivity (Wildman–Crippen MR) is 57.8 cm³/mol. The molecule has 0 spiro atoms. The smallest absolute Gasteiger partial charge is 0.217 e. The molecule has 2 atom stereocenters. The molecule has 82 valence electrons. The molecule has 0 aromatic heterocycles. The van der Waals surface area contributed by atoms with Crippen LogP contribution in [0.4, 0.5) is 0 Å². The Kier molecular flexibility index (Phi) is 4.39. The van der Waals surface area contributed by atoms with Crippen LogP contribution in [0.3, 0.4) is 0 Å². The van der Waals surface area contributed by atoms with Gasteiger partial charge in [-0.15, -0.1) is 0 Å². The van der Waals surface area contributed by atoms with Crippen molar-refractivity contribution in [2.45, 2.75) is 45.6 Å². The quantitative estimate of drug-likeness (QED) is 0.715. The van der Waals surface area contributed by atoms with Crippen molar-refractivity contribution in [2.24, 2.45) is 17.6 Å². The van der Waals surface area contributed by atoms with Gasteiger partial charge in [-0.25, -0.2) is 0 Å². The molecule has 14 heavy (non-hydrogen) atoms. The monoisotopic (exact) mass is 198 g/mol. The highest BCUT2D eigenvalue weighted by Crippen LogP contribution is 2.24. The molecule has 0 aromatic carbocycles. The van der Waals surface area contributed by atoms with Crippen molar-refractivity contribution in [3.8, 4) is 0 Å². The maximum absolute atomic E-state index is 11.0. The molecule has 0 saturated carbocycles. The van der Waals surface area contributed by atoms with Gasteiger partial charge in [0.25, 0.3) is 0 Å². The summed E-state index contributed by atoms with van der Waals surface area (Å²) in [7, 11) is 0. The van der Waals surface area contributed by atoms with Crippen molar-refractivity contribution in [3.63, 3.8) is 0 Å². The minimum absolute atomic E-state index is 0.170. The number of primary amides is 1. The predicted octanol–water partition coefficient (Wildman–Crippen LogP) is 1.28. The summed E-state index contributed by atoms with van der Waals surface area (Å²) in [5, 5.41) is 3.50. The third-order valence-corrected chi connectivity index (χ3v) is 3.16. The summed E-state index contributed by atoms with van der Waals surface area (Å²) in [6.45, 7) is 5.43. The van der Waals surface area contributed by atoms with Gasteiger partial charge in [-0.2, -0.15) is 0 Å². The Hall–Kier alpha value is -0.570. The molecular weight excluding hydrogens is 176 g/mol. The van der Waals surface area contributed by atoms with Crippen LogP contribution in [0.1, 0.15) is 39.5 Å². The van der Waals surface area contributed by atoms with Crippen LogP contribution in [-0.4, -0.2) is 18.5 Å². The van der Waals surface area contributed by atoms with E-state index >= 15 is 0 Å². The first-order chi connectivity index (χ1) is 6.61. The molecule has 1 aliphatic rings. The summed E-state index contributed by atoms with van der Waals surface area (Å²) in [6, 6.07) is 0.497. The number of carbonyl (C=O) groups is 1. The first-order valence-electron chi connectivity index (χ1n) is 5.63. The summed E-state index contributed by atoms with van der Waals surface area (Å²) >= 11 is 0. The van der Waals surface area contributed by atoms with E-state index in [2.05, 4.69) is 19.2 Å². The molecule has 1 fully saturated rings. The van der Waals surface area contributed by atoms with Gasteiger partial charge >= 0.3 is 0 Å². The lowest BCUT2D eigenvalue weighted by atomic mass is 9.82. The van der Waals surface area contributed by atoms with Gasteiger partial charge in [0.05, 0.1) is 0 Å². The zero-order valence-electron chi connectivity index (χ0n) is 9.25. The molecule has 3 N–H and O–H groups in total. The van der Waals surface area contributed by atoms with E-state index in [0.717, 1.165) is 6.54 Å². The van der Waals surface area contributed by atoms with E-state index in [1.807, 2.05) is 0 Å². The van der Waals surface area contributed by atoms with E-state index in [9.17, 15) is 4.79 Å². The average Bonchev–Trinajstić information content (AvgIpc) is 2.15. The molecule has 3 heteroatoms. The molecule has 3 nitrogen and oxygen atoms in total. The van der Waals surface area contributed by atoms with Gasteiger partial charge in [-0.1, -0.05) is 20.3 Å². The topological polar surface area (TPSA) is 55.1 Å². The number of nitrogens with two attached hydrogens (primary N) is 1. The maximum atomic E-state index is 11.0. The molecule has 1 saturated heterocycles. The molecule has 0 aromatic rings. The van der Waals surface area contributed by atoms with Gasteiger partial charge in [0.15, 0.2) is 0 Å². The maximum Gasteiger partial charge on any atom is 0.217 e. The first-order valence-corrected chi connectivity index (χ1v) is 5.63. The Bertz CT molecular complexity index is 186. The molecule has 1 amide bonds. The van der Waals surface area contributed by atoms with E-state index in [1.165, 1.54) is 19.3 Å². The van der Waals surface area contributed by atoms with Gasteiger partial charge < -0.3 is 11.1 Å². The zero-order valence-corrected chi connectivity index (χ0v) is 9.25. The summed E-state index contributed by atoms with van der Waals surface area (Å²) in [4.78, 5) is 11.0. The van der Waals surface area contributed by atoms with Crippen LogP contribution in [0.25, 0.3) is 0 Å². The molecule has 1 heterocycles. The van der Waals surface area contributed by atoms with Crippen molar-refractivity contribution in [1.82, 2.24) is 5.32 Å². The minimum Gasteiger partial charge on any atom is -0.370 e. The zero-order chi connectivity index (χ0) is 10.6. The summed E-state index contributed by atoms with van der Waals surface area (Å²) in [5.41, 5.74) is 5.27. The normalized spacial score (nSPS) is 24.9. The largest absolute Gasteiger partial charge is 0.370 e. The lowest BCUT2D eigenvalue weighted by molar-refractivity contribution is -0.119. The lowest BCUT2D eigenvalue weighted by Crippen LogP contribution is -2.43. The number of hydrogen-bond acceptors (Lipinski definition) is 2. The summed E-state index contributed by atoms with van der Waals surface area (Å²) in [6.07, 6.45) is 4.25. The van der Waals surface area contributed by atoms with E-state index in [4.69, 9.17) is 5.73 Å². The molecular formula is C11H22N2O.